The number of halogens is 1. The van der Waals surface area contributed by atoms with E-state index < -0.39 is 11.6 Å². The molecule has 2 aromatic heterocycles. The Balaban J connectivity index is 2.10. The van der Waals surface area contributed by atoms with Crippen LogP contribution in [-0.4, -0.2) is 22.6 Å². The van der Waals surface area contributed by atoms with E-state index in [1.807, 2.05) is 0 Å². The number of anilines is 1. The first kappa shape index (κ1) is 14.6. The zero-order chi connectivity index (χ0) is 15.9. The summed E-state index contributed by atoms with van der Waals surface area (Å²) in [6, 6.07) is 3.70. The molecule has 0 atom stereocenters. The van der Waals surface area contributed by atoms with Crippen molar-refractivity contribution >= 4 is 50.0 Å². The summed E-state index contributed by atoms with van der Waals surface area (Å²) in [4.78, 5) is 26.5. The zero-order valence-electron chi connectivity index (χ0n) is 11.5. The van der Waals surface area contributed by atoms with Crippen LogP contribution in [0.5, 0.6) is 0 Å². The Bertz CT molecular complexity index is 944. The average Bonchev–Trinajstić information content (AvgIpc) is 2.87. The van der Waals surface area contributed by atoms with Crippen LogP contribution in [0.3, 0.4) is 0 Å². The summed E-state index contributed by atoms with van der Waals surface area (Å²) in [6.07, 6.45) is -0.0549. The number of carboxylic acids is 1. The van der Waals surface area contributed by atoms with Gasteiger partial charge in [-0.25, -0.2) is 4.79 Å². The lowest BCUT2D eigenvalue weighted by atomic mass is 10.1. The van der Waals surface area contributed by atoms with Gasteiger partial charge in [-0.15, -0.1) is 0 Å². The van der Waals surface area contributed by atoms with Gasteiger partial charge in [-0.3, -0.25) is 4.79 Å². The maximum atomic E-state index is 11.8. The minimum atomic E-state index is -0.916. The molecule has 7 nitrogen and oxygen atoms in total. The monoisotopic (exact) mass is 366 g/mol. The van der Waals surface area contributed by atoms with Crippen molar-refractivity contribution < 1.29 is 18.7 Å². The van der Waals surface area contributed by atoms with Crippen LogP contribution in [0.15, 0.2) is 30.2 Å². The lowest BCUT2D eigenvalue weighted by molar-refractivity contribution is -0.136. The predicted octanol–water partition coefficient (Wildman–Crippen LogP) is 2.89. The third-order valence-corrected chi connectivity index (χ3v) is 4.16. The Morgan fingerprint density at radius 3 is 2.91 bits per heavy atom. The van der Waals surface area contributed by atoms with Gasteiger partial charge in [0, 0.05) is 11.9 Å². The maximum Gasteiger partial charge on any atom is 0.351 e. The molecule has 22 heavy (non-hydrogen) atoms. The number of aryl methyl sites for hydroxylation is 1. The van der Waals surface area contributed by atoms with Gasteiger partial charge in [0.1, 0.15) is 4.47 Å². The van der Waals surface area contributed by atoms with E-state index in [-0.39, 0.29) is 19.0 Å². The molecule has 0 spiro atoms. The van der Waals surface area contributed by atoms with E-state index in [2.05, 4.69) is 26.2 Å². The molecule has 0 bridgehead atoms. The third kappa shape index (κ3) is 2.45. The molecule has 0 amide bonds. The molecule has 0 saturated carbocycles. The Labute approximate surface area is 132 Å². The molecule has 3 aromatic rings. The van der Waals surface area contributed by atoms with Crippen molar-refractivity contribution in [2.24, 2.45) is 0 Å². The Morgan fingerprint density at radius 1 is 1.41 bits per heavy atom. The number of nitrogens with zero attached hydrogens (tertiary/aromatic N) is 1. The normalized spacial score (nSPS) is 11.2. The molecule has 1 aromatic carbocycles. The van der Waals surface area contributed by atoms with E-state index in [9.17, 15) is 9.59 Å². The van der Waals surface area contributed by atoms with Gasteiger partial charge in [0.25, 0.3) is 6.01 Å². The molecule has 0 radical (unpaired) electrons. The van der Waals surface area contributed by atoms with Crippen molar-refractivity contribution in [3.63, 3.8) is 0 Å². The number of hydrogen-bond acceptors (Lipinski definition) is 6. The number of hydrogen-bond donors (Lipinski definition) is 2. The number of benzene rings is 1. The molecular weight excluding hydrogens is 356 g/mol. The summed E-state index contributed by atoms with van der Waals surface area (Å²) in [5.41, 5.74) is 1.49. The number of fused-ring (bicyclic) bond motifs is 3. The fraction of sp³-hybridized carbons (Fsp3) is 0.214. The highest BCUT2D eigenvalue weighted by Crippen LogP contribution is 2.30. The number of aliphatic carboxylic acids is 1. The summed E-state index contributed by atoms with van der Waals surface area (Å²) in [5, 5.41) is 12.2. The summed E-state index contributed by atoms with van der Waals surface area (Å²) in [6.45, 7) is 2.00. The van der Waals surface area contributed by atoms with Gasteiger partial charge < -0.3 is 19.3 Å². The van der Waals surface area contributed by atoms with Crippen molar-refractivity contribution in [3.05, 3.63) is 32.6 Å². The second-order valence-electron chi connectivity index (χ2n) is 4.71. The fourth-order valence-electron chi connectivity index (χ4n) is 2.13. The summed E-state index contributed by atoms with van der Waals surface area (Å²) in [5.74, 6) is -0.916. The standard InChI is InChI=1S/C14H11BrN2O5/c1-6-7-2-3-8-11(12(7)22-13(20)10(6)15)17-14(21-8)16-5-4-9(18)19/h2-3H,4-5H2,1H3,(H,16,17)(H,18,19). The summed E-state index contributed by atoms with van der Waals surface area (Å²) >= 11 is 3.20. The molecule has 0 aliphatic rings. The molecule has 8 heteroatoms. The molecule has 0 fully saturated rings. The quantitative estimate of drug-likeness (QED) is 0.683. The van der Waals surface area contributed by atoms with Crippen LogP contribution >= 0.6 is 15.9 Å². The van der Waals surface area contributed by atoms with Crippen molar-refractivity contribution in [2.45, 2.75) is 13.3 Å². The van der Waals surface area contributed by atoms with Crippen molar-refractivity contribution in [1.82, 2.24) is 4.98 Å². The van der Waals surface area contributed by atoms with Gasteiger partial charge in [-0.2, -0.15) is 4.98 Å². The van der Waals surface area contributed by atoms with Crippen molar-refractivity contribution in [2.75, 3.05) is 11.9 Å². The maximum absolute atomic E-state index is 11.8. The minimum absolute atomic E-state index is 0.0549. The summed E-state index contributed by atoms with van der Waals surface area (Å²) in [7, 11) is 0. The predicted molar refractivity (Wildman–Crippen MR) is 83.2 cm³/mol. The molecule has 0 saturated heterocycles. The van der Waals surface area contributed by atoms with Crippen LogP contribution in [0.2, 0.25) is 0 Å². The largest absolute Gasteiger partial charge is 0.481 e. The van der Waals surface area contributed by atoms with Crippen LogP contribution in [0.1, 0.15) is 12.0 Å². The van der Waals surface area contributed by atoms with Gasteiger partial charge in [-0.1, -0.05) is 0 Å². The Morgan fingerprint density at radius 2 is 2.18 bits per heavy atom. The van der Waals surface area contributed by atoms with Crippen LogP contribution in [0.4, 0.5) is 6.01 Å². The van der Waals surface area contributed by atoms with Crippen molar-refractivity contribution in [1.29, 1.82) is 0 Å². The molecule has 2 N–H and O–H groups in total. The number of nitrogens with one attached hydrogen (secondary N) is 1. The van der Waals surface area contributed by atoms with Gasteiger partial charge in [-0.05, 0) is 40.5 Å². The zero-order valence-corrected chi connectivity index (χ0v) is 13.1. The van der Waals surface area contributed by atoms with E-state index in [4.69, 9.17) is 13.9 Å². The molecular formula is C14H11BrN2O5. The van der Waals surface area contributed by atoms with Crippen LogP contribution in [0, 0.1) is 6.92 Å². The van der Waals surface area contributed by atoms with E-state index in [0.29, 0.717) is 21.2 Å². The highest BCUT2D eigenvalue weighted by Gasteiger charge is 2.15. The Kier molecular flexibility index (Phi) is 3.61. The van der Waals surface area contributed by atoms with Crippen LogP contribution < -0.4 is 10.9 Å². The number of aromatic nitrogens is 1. The summed E-state index contributed by atoms with van der Waals surface area (Å²) < 4.78 is 11.2. The smallest absolute Gasteiger partial charge is 0.351 e. The average molecular weight is 367 g/mol. The number of rotatable bonds is 4. The van der Waals surface area contributed by atoms with Gasteiger partial charge >= 0.3 is 11.6 Å². The van der Waals surface area contributed by atoms with Gasteiger partial charge in [0.15, 0.2) is 16.7 Å². The van der Waals surface area contributed by atoms with Crippen molar-refractivity contribution in [3.8, 4) is 0 Å². The lowest BCUT2D eigenvalue weighted by Gasteiger charge is -2.02. The third-order valence-electron chi connectivity index (χ3n) is 3.24. The number of carbonyl (C=O) groups is 1. The van der Waals surface area contributed by atoms with E-state index >= 15 is 0 Å². The number of carboxylic acid groups (broad SMARTS) is 1. The topological polar surface area (TPSA) is 106 Å². The second kappa shape index (κ2) is 5.45. The number of oxazole rings is 1. The molecule has 3 rings (SSSR count). The van der Waals surface area contributed by atoms with Gasteiger partial charge in [0.2, 0.25) is 0 Å². The first-order chi connectivity index (χ1) is 10.5. The van der Waals surface area contributed by atoms with E-state index in [0.717, 1.165) is 10.9 Å². The van der Waals surface area contributed by atoms with E-state index in [1.54, 1.807) is 19.1 Å². The minimum Gasteiger partial charge on any atom is -0.481 e. The SMILES string of the molecule is Cc1c(Br)c(=O)oc2c1ccc1oc(NCCC(=O)O)nc12. The molecule has 0 unspecified atom stereocenters. The van der Waals surface area contributed by atoms with Crippen LogP contribution in [-0.2, 0) is 4.79 Å². The molecule has 2 heterocycles. The molecule has 0 aliphatic carbocycles. The first-order valence-electron chi connectivity index (χ1n) is 6.45. The Hall–Kier alpha value is -2.35. The lowest BCUT2D eigenvalue weighted by Crippen LogP contribution is -2.07. The highest BCUT2D eigenvalue weighted by atomic mass is 79.9. The second-order valence-corrected chi connectivity index (χ2v) is 5.50. The molecule has 114 valence electrons. The fourth-order valence-corrected chi connectivity index (χ4v) is 2.42. The highest BCUT2D eigenvalue weighted by molar-refractivity contribution is 9.10. The molecule has 0 aliphatic heterocycles. The van der Waals surface area contributed by atoms with Gasteiger partial charge in [0.05, 0.1) is 6.42 Å². The first-order valence-corrected chi connectivity index (χ1v) is 7.25. The van der Waals surface area contributed by atoms with Crippen LogP contribution in [0.25, 0.3) is 22.1 Å². The van der Waals surface area contributed by atoms with E-state index in [1.165, 1.54) is 0 Å².